The van der Waals surface area contributed by atoms with Gasteiger partial charge in [0.25, 0.3) is 5.91 Å². The highest BCUT2D eigenvalue weighted by Crippen LogP contribution is 2.55. The third-order valence-electron chi connectivity index (χ3n) is 3.65. The van der Waals surface area contributed by atoms with Crippen molar-refractivity contribution in [2.45, 2.75) is 24.5 Å². The maximum atomic E-state index is 11.7. The molecule has 12 nitrogen and oxygen atoms in total. The Morgan fingerprint density at radius 3 is 2.52 bits per heavy atom. The second kappa shape index (κ2) is 7.85. The largest absolute Gasteiger partial charge is 0.387 e. The molecule has 0 saturated carbocycles. The molecule has 2 aliphatic rings. The van der Waals surface area contributed by atoms with Crippen molar-refractivity contribution in [2.75, 3.05) is 12.5 Å². The molecule has 27 heavy (non-hydrogen) atoms. The topological polar surface area (TPSA) is 186 Å². The normalized spacial score (nSPS) is 31.1. The Morgan fingerprint density at radius 2 is 1.96 bits per heavy atom. The number of nitrogens with zero attached hydrogens (tertiary/aromatic N) is 1. The van der Waals surface area contributed by atoms with Crippen LogP contribution in [0.3, 0.4) is 0 Å². The van der Waals surface area contributed by atoms with Gasteiger partial charge in [-0.3, -0.25) is 13.9 Å². The lowest BCUT2D eigenvalue weighted by Gasteiger charge is -2.33. The van der Waals surface area contributed by atoms with Crippen molar-refractivity contribution < 1.29 is 48.1 Å². The molecular weight excluding hydrogens is 406 g/mol. The molecule has 14 heteroatoms. The maximum Gasteiger partial charge on any atom is 0.340 e. The first-order valence-electron chi connectivity index (χ1n) is 7.34. The molecule has 2 aliphatic heterocycles. The zero-order valence-electron chi connectivity index (χ0n) is 13.7. The monoisotopic (exact) mass is 424 g/mol. The molecule has 0 aromatic heterocycles. The van der Waals surface area contributed by atoms with Crippen LogP contribution in [0.25, 0.3) is 0 Å². The molecular formula is C13H18N2O10P2. The molecule has 0 aromatic carbocycles. The summed E-state index contributed by atoms with van der Waals surface area (Å²) >= 11 is 0. The fourth-order valence-electron chi connectivity index (χ4n) is 2.43. The van der Waals surface area contributed by atoms with Crippen LogP contribution in [0.1, 0.15) is 0 Å². The van der Waals surface area contributed by atoms with Crippen molar-refractivity contribution >= 4 is 21.1 Å². The summed E-state index contributed by atoms with van der Waals surface area (Å²) in [6, 6.07) is 0. The van der Waals surface area contributed by atoms with Gasteiger partial charge in [0.2, 0.25) is 0 Å². The van der Waals surface area contributed by atoms with Gasteiger partial charge in [0.1, 0.15) is 29.7 Å². The number of hydrogen-bond donors (Lipinski definition) is 6. The van der Waals surface area contributed by atoms with Crippen LogP contribution in [-0.4, -0.2) is 72.8 Å². The van der Waals surface area contributed by atoms with E-state index in [0.717, 1.165) is 0 Å². The van der Waals surface area contributed by atoms with E-state index in [9.17, 15) is 29.0 Å². The van der Waals surface area contributed by atoms with Gasteiger partial charge in [0, 0.05) is 6.20 Å². The number of aliphatic hydroxyl groups excluding tert-OH is 2. The second-order valence-electron chi connectivity index (χ2n) is 5.78. The zero-order chi connectivity index (χ0) is 20.6. The van der Waals surface area contributed by atoms with Crippen molar-refractivity contribution in [1.82, 2.24) is 10.2 Å². The van der Waals surface area contributed by atoms with Crippen LogP contribution in [0.15, 0.2) is 24.2 Å². The van der Waals surface area contributed by atoms with Crippen LogP contribution >= 0.6 is 15.2 Å². The lowest BCUT2D eigenvalue weighted by atomic mass is 10.1. The van der Waals surface area contributed by atoms with Crippen LogP contribution in [0, 0.1) is 12.3 Å². The molecule has 1 fully saturated rings. The summed E-state index contributed by atoms with van der Waals surface area (Å²) in [5.74, 6) is 0.138. The van der Waals surface area contributed by atoms with Gasteiger partial charge in [-0.15, -0.1) is 6.42 Å². The number of terminal acetylenes is 1. The zero-order valence-corrected chi connectivity index (χ0v) is 15.5. The van der Waals surface area contributed by atoms with Crippen LogP contribution < -0.4 is 5.32 Å². The highest BCUT2D eigenvalue weighted by atomic mass is 31.2. The van der Waals surface area contributed by atoms with Gasteiger partial charge in [-0.05, 0) is 0 Å². The number of aliphatic hydroxyl groups is 2. The number of ether oxygens (including phenoxy) is 1. The fraction of sp³-hybridized carbons (Fsp3) is 0.462. The third-order valence-corrected chi connectivity index (χ3v) is 7.11. The molecule has 1 amide bonds. The van der Waals surface area contributed by atoms with Crippen LogP contribution in [0.5, 0.6) is 0 Å². The van der Waals surface area contributed by atoms with E-state index in [1.807, 2.05) is 0 Å². The standard InChI is InChI=1S/C13H18N2O10P2/c1-3-8-4-15(7(2)14-12(8)18)13-11(17)10(16)9(25-13)5-24-27(22,23)6-26(19,20)21/h1,4,9-11,13,16-17H,2,5-6H2,(H,14,18)(H,22,23)(H2,19,20,21)/t9-,10+,11?,13-/m1/s1. The number of carbonyl (C=O) groups is 1. The molecule has 0 radical (unpaired) electrons. The predicted molar refractivity (Wildman–Crippen MR) is 89.4 cm³/mol. The minimum atomic E-state index is -4.81. The molecule has 5 atom stereocenters. The van der Waals surface area contributed by atoms with E-state index in [1.165, 1.54) is 11.1 Å². The summed E-state index contributed by atoms with van der Waals surface area (Å²) in [6.45, 7) is 2.84. The summed E-state index contributed by atoms with van der Waals surface area (Å²) in [5, 5.41) is 22.6. The summed E-state index contributed by atoms with van der Waals surface area (Å²) in [4.78, 5) is 39.8. The van der Waals surface area contributed by atoms with Gasteiger partial charge in [-0.1, -0.05) is 12.5 Å². The number of carbonyl (C=O) groups excluding carboxylic acids is 1. The molecule has 1 saturated heterocycles. The molecule has 0 bridgehead atoms. The smallest absolute Gasteiger partial charge is 0.340 e. The molecule has 2 rings (SSSR count). The average molecular weight is 424 g/mol. The number of rotatable bonds is 6. The Kier molecular flexibility index (Phi) is 6.33. The molecule has 0 spiro atoms. The number of nitrogens with one attached hydrogen (secondary N) is 1. The van der Waals surface area contributed by atoms with Crippen LogP contribution in [-0.2, 0) is 23.2 Å². The van der Waals surface area contributed by atoms with Gasteiger partial charge in [0.05, 0.1) is 6.61 Å². The van der Waals surface area contributed by atoms with E-state index in [-0.39, 0.29) is 11.4 Å². The van der Waals surface area contributed by atoms with Gasteiger partial charge < -0.3 is 44.4 Å². The Hall–Kier alpha value is -1.51. The van der Waals surface area contributed by atoms with Crippen LogP contribution in [0.2, 0.25) is 0 Å². The first-order valence-corrected chi connectivity index (χ1v) is 10.9. The highest BCUT2D eigenvalue weighted by molar-refractivity contribution is 7.70. The molecule has 2 heterocycles. The van der Waals surface area contributed by atoms with Crippen molar-refractivity contribution in [1.29, 1.82) is 0 Å². The van der Waals surface area contributed by atoms with Gasteiger partial charge in [-0.2, -0.15) is 0 Å². The lowest BCUT2D eigenvalue weighted by Crippen LogP contribution is -2.47. The predicted octanol–water partition coefficient (Wildman–Crippen LogP) is -1.81. The summed E-state index contributed by atoms with van der Waals surface area (Å²) in [7, 11) is -9.47. The lowest BCUT2D eigenvalue weighted by molar-refractivity contribution is -0.119. The average Bonchev–Trinajstić information content (AvgIpc) is 2.79. The van der Waals surface area contributed by atoms with E-state index >= 15 is 0 Å². The third kappa shape index (κ3) is 5.27. The molecule has 0 aliphatic carbocycles. The van der Waals surface area contributed by atoms with E-state index < -0.39 is 58.1 Å². The first-order chi connectivity index (χ1) is 12.3. The molecule has 150 valence electrons. The molecule has 0 aromatic rings. The quantitative estimate of drug-likeness (QED) is 0.208. The SMILES string of the molecule is C#CC1=CN([C@@H]2O[C@H](COP(=O)(O)CP(=O)(O)O)[C@H](O)C2O)C(=C)NC1=O. The van der Waals surface area contributed by atoms with Gasteiger partial charge in [0.15, 0.2) is 12.1 Å². The van der Waals surface area contributed by atoms with Gasteiger partial charge >= 0.3 is 15.2 Å². The number of amides is 1. The minimum absolute atomic E-state index is 0.00569. The minimum Gasteiger partial charge on any atom is -0.387 e. The maximum absolute atomic E-state index is 11.7. The number of hydrogen-bond acceptors (Lipinski definition) is 8. The Morgan fingerprint density at radius 1 is 1.33 bits per heavy atom. The summed E-state index contributed by atoms with van der Waals surface area (Å²) in [5.41, 5.74) is -0.0890. The highest BCUT2D eigenvalue weighted by Gasteiger charge is 2.47. The molecule has 6 N–H and O–H groups in total. The van der Waals surface area contributed by atoms with Crippen molar-refractivity contribution in [2.24, 2.45) is 0 Å². The van der Waals surface area contributed by atoms with Crippen molar-refractivity contribution in [3.8, 4) is 12.3 Å². The summed E-state index contributed by atoms with van der Waals surface area (Å²) in [6.07, 6.45) is 0.699. The van der Waals surface area contributed by atoms with Crippen molar-refractivity contribution in [3.63, 3.8) is 0 Å². The first kappa shape index (κ1) is 21.8. The molecule has 2 unspecified atom stereocenters. The second-order valence-corrected chi connectivity index (χ2v) is 9.77. The van der Waals surface area contributed by atoms with Crippen LogP contribution in [0.4, 0.5) is 0 Å². The Balaban J connectivity index is 2.10. The Labute approximate surface area is 153 Å². The van der Waals surface area contributed by atoms with E-state index in [1.54, 1.807) is 0 Å². The Bertz CT molecular complexity index is 799. The van der Waals surface area contributed by atoms with Crippen molar-refractivity contribution in [3.05, 3.63) is 24.2 Å². The fourth-order valence-corrected chi connectivity index (χ4v) is 5.00. The van der Waals surface area contributed by atoms with E-state index in [0.29, 0.717) is 0 Å². The van der Waals surface area contributed by atoms with E-state index in [2.05, 4.69) is 22.3 Å². The van der Waals surface area contributed by atoms with Gasteiger partial charge in [-0.25, -0.2) is 0 Å². The van der Waals surface area contributed by atoms with E-state index in [4.69, 9.17) is 20.9 Å². The summed E-state index contributed by atoms with van der Waals surface area (Å²) < 4.78 is 32.5.